The van der Waals surface area contributed by atoms with Gasteiger partial charge in [0.1, 0.15) is 0 Å². The number of hydrogen-bond donors (Lipinski definition) is 0. The summed E-state index contributed by atoms with van der Waals surface area (Å²) >= 11 is 0. The van der Waals surface area contributed by atoms with Crippen LogP contribution in [0.2, 0.25) is 0 Å². The number of benzene rings is 2. The summed E-state index contributed by atoms with van der Waals surface area (Å²) < 4.78 is 12.4. The Balaban J connectivity index is 2.41. The van der Waals surface area contributed by atoms with Crippen molar-refractivity contribution >= 4 is 18.6 Å². The fourth-order valence-corrected chi connectivity index (χ4v) is 3.55. The highest BCUT2D eigenvalue weighted by atomic mass is 31.1. The molecular formula is C15H15O2P. The van der Waals surface area contributed by atoms with Crippen LogP contribution in [0.15, 0.2) is 48.5 Å². The molecule has 2 rings (SSSR count). The van der Waals surface area contributed by atoms with Crippen molar-refractivity contribution in [1.82, 2.24) is 0 Å². The van der Waals surface area contributed by atoms with Crippen molar-refractivity contribution in [3.63, 3.8) is 0 Å². The van der Waals surface area contributed by atoms with Crippen LogP contribution in [0.1, 0.15) is 21.5 Å². The molecule has 2 aromatic rings. The molecule has 0 bridgehead atoms. The lowest BCUT2D eigenvalue weighted by Crippen LogP contribution is -2.11. The van der Waals surface area contributed by atoms with Crippen LogP contribution in [-0.4, -0.2) is 5.52 Å². The van der Waals surface area contributed by atoms with E-state index in [0.717, 1.165) is 11.1 Å². The number of hydrogen-bond acceptors (Lipinski definition) is 2. The summed E-state index contributed by atoms with van der Waals surface area (Å²) in [6, 6.07) is 14.5. The predicted molar refractivity (Wildman–Crippen MR) is 75.3 cm³/mol. The first kappa shape index (κ1) is 12.8. The summed E-state index contributed by atoms with van der Waals surface area (Å²) in [7, 11) is -2.45. The van der Waals surface area contributed by atoms with Gasteiger partial charge >= 0.3 is 0 Å². The fourth-order valence-electron chi connectivity index (χ4n) is 2.01. The van der Waals surface area contributed by atoms with E-state index in [9.17, 15) is 9.36 Å². The van der Waals surface area contributed by atoms with E-state index in [2.05, 4.69) is 0 Å². The zero-order valence-electron chi connectivity index (χ0n) is 10.4. The van der Waals surface area contributed by atoms with Gasteiger partial charge in [-0.05, 0) is 25.0 Å². The van der Waals surface area contributed by atoms with E-state index >= 15 is 0 Å². The molecule has 2 aromatic carbocycles. The van der Waals surface area contributed by atoms with E-state index in [-0.39, 0.29) is 5.52 Å². The topological polar surface area (TPSA) is 34.1 Å². The Labute approximate surface area is 107 Å². The lowest BCUT2D eigenvalue weighted by atomic mass is 10.2. The van der Waals surface area contributed by atoms with E-state index in [0.29, 0.717) is 10.9 Å². The average Bonchev–Trinajstić information content (AvgIpc) is 2.38. The first-order valence-electron chi connectivity index (χ1n) is 5.81. The van der Waals surface area contributed by atoms with Gasteiger partial charge in [-0.25, -0.2) is 0 Å². The molecule has 0 heterocycles. The van der Waals surface area contributed by atoms with Crippen LogP contribution in [0.4, 0.5) is 0 Å². The second-order valence-corrected chi connectivity index (χ2v) is 5.90. The highest BCUT2D eigenvalue weighted by Crippen LogP contribution is 2.29. The molecule has 0 aliphatic heterocycles. The predicted octanol–water partition coefficient (Wildman–Crippen LogP) is 3.33. The molecule has 0 aliphatic carbocycles. The van der Waals surface area contributed by atoms with Crippen LogP contribution in [0, 0.1) is 13.8 Å². The molecule has 92 valence electrons. The van der Waals surface area contributed by atoms with Gasteiger partial charge in [0.25, 0.3) is 0 Å². The van der Waals surface area contributed by atoms with E-state index in [1.807, 2.05) is 38.1 Å². The molecular weight excluding hydrogens is 243 g/mol. The van der Waals surface area contributed by atoms with Crippen molar-refractivity contribution < 1.29 is 9.36 Å². The Morgan fingerprint density at radius 3 is 2.00 bits per heavy atom. The number of rotatable bonds is 3. The molecule has 0 aromatic heterocycles. The highest BCUT2D eigenvalue weighted by molar-refractivity contribution is 7.71. The fraction of sp³-hybridized carbons (Fsp3) is 0.133. The summed E-state index contributed by atoms with van der Waals surface area (Å²) in [5.41, 5.74) is 2.09. The molecule has 1 unspecified atom stereocenters. The second kappa shape index (κ2) is 5.32. The Kier molecular flexibility index (Phi) is 3.78. The van der Waals surface area contributed by atoms with Gasteiger partial charge in [0.15, 0.2) is 7.80 Å². The van der Waals surface area contributed by atoms with Gasteiger partial charge in [-0.2, -0.15) is 0 Å². The maximum Gasteiger partial charge on any atom is 0.222 e. The van der Waals surface area contributed by atoms with Gasteiger partial charge in [-0.3, -0.25) is 4.79 Å². The minimum absolute atomic E-state index is 0.266. The van der Waals surface area contributed by atoms with Gasteiger partial charge in [-0.15, -0.1) is 0 Å². The van der Waals surface area contributed by atoms with Gasteiger partial charge in [0.05, 0.1) is 0 Å². The highest BCUT2D eigenvalue weighted by Gasteiger charge is 2.19. The first-order chi connectivity index (χ1) is 8.61. The van der Waals surface area contributed by atoms with Crippen LogP contribution < -0.4 is 5.30 Å². The van der Waals surface area contributed by atoms with Gasteiger partial charge in [-0.1, -0.05) is 48.5 Å². The zero-order valence-corrected chi connectivity index (χ0v) is 11.4. The molecule has 3 heteroatoms. The van der Waals surface area contributed by atoms with E-state index in [4.69, 9.17) is 0 Å². The van der Waals surface area contributed by atoms with Crippen LogP contribution in [0.3, 0.4) is 0 Å². The largest absolute Gasteiger partial charge is 0.313 e. The SMILES string of the molecule is Cc1cccc(C)c1[PH](=O)C(=O)c1ccccc1. The number of carbonyl (C=O) groups excluding carboxylic acids is 1. The van der Waals surface area contributed by atoms with Gasteiger partial charge in [0.2, 0.25) is 5.52 Å². The maximum absolute atomic E-state index is 12.4. The molecule has 0 saturated carbocycles. The molecule has 0 amide bonds. The monoisotopic (exact) mass is 258 g/mol. The molecule has 0 spiro atoms. The van der Waals surface area contributed by atoms with Crippen molar-refractivity contribution in [2.75, 3.05) is 0 Å². The summed E-state index contributed by atoms with van der Waals surface area (Å²) in [6.45, 7) is 3.78. The summed E-state index contributed by atoms with van der Waals surface area (Å²) in [5.74, 6) is 0. The van der Waals surface area contributed by atoms with E-state index in [1.54, 1.807) is 24.3 Å². The van der Waals surface area contributed by atoms with Crippen LogP contribution >= 0.6 is 7.80 Å². The van der Waals surface area contributed by atoms with Crippen molar-refractivity contribution in [2.24, 2.45) is 0 Å². The third kappa shape index (κ3) is 2.44. The molecule has 2 nitrogen and oxygen atoms in total. The molecule has 0 saturated heterocycles. The van der Waals surface area contributed by atoms with Crippen LogP contribution in [0.5, 0.6) is 0 Å². The molecule has 0 fully saturated rings. The Morgan fingerprint density at radius 1 is 0.889 bits per heavy atom. The Bertz CT molecular complexity index is 583. The molecule has 0 aliphatic rings. The summed E-state index contributed by atoms with van der Waals surface area (Å²) in [6.07, 6.45) is 0. The van der Waals surface area contributed by atoms with Crippen molar-refractivity contribution in [3.05, 3.63) is 65.2 Å². The van der Waals surface area contributed by atoms with Gasteiger partial charge in [0, 0.05) is 10.9 Å². The minimum Gasteiger partial charge on any atom is -0.313 e. The summed E-state index contributed by atoms with van der Waals surface area (Å²) in [4.78, 5) is 12.2. The van der Waals surface area contributed by atoms with Crippen molar-refractivity contribution in [3.8, 4) is 0 Å². The minimum atomic E-state index is -2.45. The van der Waals surface area contributed by atoms with Gasteiger partial charge < -0.3 is 4.57 Å². The van der Waals surface area contributed by atoms with E-state index in [1.165, 1.54) is 0 Å². The quantitative estimate of drug-likeness (QED) is 0.791. The van der Waals surface area contributed by atoms with Crippen LogP contribution in [0.25, 0.3) is 0 Å². The molecule has 1 atom stereocenters. The molecule has 0 N–H and O–H groups in total. The Hall–Kier alpha value is -1.66. The van der Waals surface area contributed by atoms with Crippen molar-refractivity contribution in [1.29, 1.82) is 0 Å². The average molecular weight is 258 g/mol. The molecule has 0 radical (unpaired) electrons. The second-order valence-electron chi connectivity index (χ2n) is 4.29. The Morgan fingerprint density at radius 2 is 1.44 bits per heavy atom. The number of aryl methyl sites for hydroxylation is 2. The lowest BCUT2D eigenvalue weighted by Gasteiger charge is -2.08. The number of carbonyl (C=O) groups is 1. The smallest absolute Gasteiger partial charge is 0.222 e. The van der Waals surface area contributed by atoms with Crippen molar-refractivity contribution in [2.45, 2.75) is 13.8 Å². The van der Waals surface area contributed by atoms with Crippen LogP contribution in [-0.2, 0) is 4.57 Å². The summed E-state index contributed by atoms with van der Waals surface area (Å²) in [5, 5.41) is 0.705. The zero-order chi connectivity index (χ0) is 13.1. The normalized spacial score (nSPS) is 12.1. The standard InChI is InChI=1S/C15H15O2P/c1-11-7-6-8-12(2)14(11)18(17)15(16)13-9-4-3-5-10-13/h3-10,18H,1-2H3. The third-order valence-electron chi connectivity index (χ3n) is 2.95. The van der Waals surface area contributed by atoms with E-state index < -0.39 is 7.80 Å². The lowest BCUT2D eigenvalue weighted by molar-refractivity contribution is 0.108. The first-order valence-corrected chi connectivity index (χ1v) is 7.22. The molecule has 18 heavy (non-hydrogen) atoms. The third-order valence-corrected chi connectivity index (χ3v) is 4.89. The maximum atomic E-state index is 12.4.